The molecule has 3 rings (SSSR count). The van der Waals surface area contributed by atoms with Crippen molar-refractivity contribution >= 4 is 15.7 Å². The van der Waals surface area contributed by atoms with Gasteiger partial charge >= 0.3 is 0 Å². The van der Waals surface area contributed by atoms with E-state index in [0.29, 0.717) is 24.5 Å². The van der Waals surface area contributed by atoms with Crippen molar-refractivity contribution in [1.82, 2.24) is 10.2 Å². The molecule has 1 amide bonds. The SMILES string of the molecule is COc1cc2c(cc1OC)CN(CC(=O)NC1(C)CCS(=O)(=O)C1)CC2. The lowest BCUT2D eigenvalue weighted by Gasteiger charge is -2.31. The predicted octanol–water partition coefficient (Wildman–Crippen LogP) is 0.755. The number of amides is 1. The third-order valence-electron chi connectivity index (χ3n) is 5.11. The summed E-state index contributed by atoms with van der Waals surface area (Å²) in [6.07, 6.45) is 1.30. The van der Waals surface area contributed by atoms with E-state index in [4.69, 9.17) is 9.47 Å². The Morgan fingerprint density at radius 1 is 1.23 bits per heavy atom. The average Bonchev–Trinajstić information content (AvgIpc) is 2.85. The van der Waals surface area contributed by atoms with Crippen LogP contribution in [0.5, 0.6) is 11.5 Å². The fourth-order valence-electron chi connectivity index (χ4n) is 3.76. The number of methoxy groups -OCH3 is 2. The smallest absolute Gasteiger partial charge is 0.234 e. The highest BCUT2D eigenvalue weighted by Crippen LogP contribution is 2.33. The molecule has 1 fully saturated rings. The molecule has 2 heterocycles. The normalized spacial score (nSPS) is 24.7. The van der Waals surface area contributed by atoms with E-state index in [9.17, 15) is 13.2 Å². The lowest BCUT2D eigenvalue weighted by atomic mass is 9.98. The molecule has 0 bridgehead atoms. The molecule has 2 aliphatic heterocycles. The Labute approximate surface area is 154 Å². The highest BCUT2D eigenvalue weighted by Gasteiger charge is 2.39. The summed E-state index contributed by atoms with van der Waals surface area (Å²) in [5, 5.41) is 2.92. The van der Waals surface area contributed by atoms with Crippen LogP contribution in [0.25, 0.3) is 0 Å². The summed E-state index contributed by atoms with van der Waals surface area (Å²) < 4.78 is 34.1. The summed E-state index contributed by atoms with van der Waals surface area (Å²) in [4.78, 5) is 14.5. The summed E-state index contributed by atoms with van der Waals surface area (Å²) in [6, 6.07) is 3.96. The molecule has 0 saturated carbocycles. The van der Waals surface area contributed by atoms with E-state index in [1.807, 2.05) is 12.1 Å². The van der Waals surface area contributed by atoms with Crippen molar-refractivity contribution in [3.63, 3.8) is 0 Å². The van der Waals surface area contributed by atoms with E-state index in [1.54, 1.807) is 21.1 Å². The van der Waals surface area contributed by atoms with Crippen molar-refractivity contribution < 1.29 is 22.7 Å². The maximum absolute atomic E-state index is 12.4. The van der Waals surface area contributed by atoms with E-state index in [2.05, 4.69) is 10.2 Å². The Bertz CT molecular complexity index is 808. The minimum absolute atomic E-state index is 0.0194. The van der Waals surface area contributed by atoms with Crippen LogP contribution in [-0.2, 0) is 27.6 Å². The first-order valence-corrected chi connectivity index (χ1v) is 10.5. The van der Waals surface area contributed by atoms with E-state index >= 15 is 0 Å². The van der Waals surface area contributed by atoms with Gasteiger partial charge in [0.2, 0.25) is 5.91 Å². The number of sulfone groups is 1. The summed E-state index contributed by atoms with van der Waals surface area (Å²) in [6.45, 7) is 3.48. The molecule has 1 N–H and O–H groups in total. The van der Waals surface area contributed by atoms with Gasteiger partial charge in [-0.2, -0.15) is 0 Å². The quantitative estimate of drug-likeness (QED) is 0.809. The van der Waals surface area contributed by atoms with Crippen LogP contribution in [0.4, 0.5) is 0 Å². The van der Waals surface area contributed by atoms with Crippen LogP contribution >= 0.6 is 0 Å². The molecule has 2 aliphatic rings. The average molecular weight is 382 g/mol. The second kappa shape index (κ2) is 7.08. The molecule has 1 saturated heterocycles. The number of rotatable bonds is 5. The summed E-state index contributed by atoms with van der Waals surface area (Å²) >= 11 is 0. The van der Waals surface area contributed by atoms with Crippen LogP contribution in [-0.4, -0.2) is 63.6 Å². The number of nitrogens with zero attached hydrogens (tertiary/aromatic N) is 1. The van der Waals surface area contributed by atoms with Gasteiger partial charge in [-0.25, -0.2) is 8.42 Å². The molecule has 1 aromatic rings. The molecule has 7 nitrogen and oxygen atoms in total. The van der Waals surface area contributed by atoms with Crippen molar-refractivity contribution in [1.29, 1.82) is 0 Å². The summed E-state index contributed by atoms with van der Waals surface area (Å²) in [5.74, 6) is 1.43. The standard InChI is InChI=1S/C18H26N2O5S/c1-18(5-7-26(22,23)12-18)19-17(21)11-20-6-4-13-8-15(24-2)16(25-3)9-14(13)10-20/h8-9H,4-7,10-12H2,1-3H3,(H,19,21). The van der Waals surface area contributed by atoms with Gasteiger partial charge < -0.3 is 14.8 Å². The lowest BCUT2D eigenvalue weighted by Crippen LogP contribution is -2.50. The Morgan fingerprint density at radius 3 is 2.46 bits per heavy atom. The van der Waals surface area contributed by atoms with Crippen molar-refractivity contribution in [2.45, 2.75) is 31.8 Å². The first kappa shape index (κ1) is 19.0. The number of ether oxygens (including phenoxy) is 2. The van der Waals surface area contributed by atoms with Gasteiger partial charge in [-0.15, -0.1) is 0 Å². The van der Waals surface area contributed by atoms with Crippen molar-refractivity contribution in [2.75, 3.05) is 38.8 Å². The summed E-state index contributed by atoms with van der Waals surface area (Å²) in [7, 11) is 0.183. The molecular formula is C18H26N2O5S. The number of carbonyl (C=O) groups excluding carboxylic acids is 1. The zero-order valence-electron chi connectivity index (χ0n) is 15.5. The second-order valence-corrected chi connectivity index (χ2v) is 9.57. The van der Waals surface area contributed by atoms with Gasteiger partial charge in [-0.3, -0.25) is 9.69 Å². The molecule has 0 spiro atoms. The topological polar surface area (TPSA) is 84.9 Å². The van der Waals surface area contributed by atoms with Gasteiger partial charge in [0.1, 0.15) is 0 Å². The van der Waals surface area contributed by atoms with Crippen LogP contribution < -0.4 is 14.8 Å². The Hall–Kier alpha value is -1.80. The minimum atomic E-state index is -3.04. The number of hydrogen-bond acceptors (Lipinski definition) is 6. The fraction of sp³-hybridized carbons (Fsp3) is 0.611. The molecule has 144 valence electrons. The Balaban J connectivity index is 1.63. The first-order valence-electron chi connectivity index (χ1n) is 8.71. The Kier molecular flexibility index (Phi) is 5.16. The molecule has 1 unspecified atom stereocenters. The third kappa shape index (κ3) is 4.12. The largest absolute Gasteiger partial charge is 0.493 e. The van der Waals surface area contributed by atoms with Crippen LogP contribution in [0.15, 0.2) is 12.1 Å². The Morgan fingerprint density at radius 2 is 1.88 bits per heavy atom. The van der Waals surface area contributed by atoms with E-state index < -0.39 is 15.4 Å². The van der Waals surface area contributed by atoms with Gasteiger partial charge in [-0.1, -0.05) is 0 Å². The van der Waals surface area contributed by atoms with Gasteiger partial charge in [-0.05, 0) is 43.0 Å². The van der Waals surface area contributed by atoms with E-state index in [0.717, 1.165) is 18.5 Å². The number of nitrogens with one attached hydrogen (secondary N) is 1. The molecular weight excluding hydrogens is 356 g/mol. The number of hydrogen-bond donors (Lipinski definition) is 1. The van der Waals surface area contributed by atoms with E-state index in [1.165, 1.54) is 5.56 Å². The van der Waals surface area contributed by atoms with Crippen LogP contribution in [0, 0.1) is 0 Å². The van der Waals surface area contributed by atoms with Crippen LogP contribution in [0.2, 0.25) is 0 Å². The molecule has 0 aromatic heterocycles. The van der Waals surface area contributed by atoms with Gasteiger partial charge in [0, 0.05) is 13.1 Å². The maximum atomic E-state index is 12.4. The fourth-order valence-corrected chi connectivity index (χ4v) is 5.86. The van der Waals surface area contributed by atoms with Crippen molar-refractivity contribution in [3.05, 3.63) is 23.3 Å². The van der Waals surface area contributed by atoms with E-state index in [-0.39, 0.29) is 24.0 Å². The zero-order valence-corrected chi connectivity index (χ0v) is 16.3. The zero-order chi connectivity index (χ0) is 18.9. The van der Waals surface area contributed by atoms with Gasteiger partial charge in [0.15, 0.2) is 21.3 Å². The molecule has 8 heteroatoms. The first-order chi connectivity index (χ1) is 12.2. The molecule has 26 heavy (non-hydrogen) atoms. The number of carbonyl (C=O) groups is 1. The van der Waals surface area contributed by atoms with Crippen molar-refractivity contribution in [2.24, 2.45) is 0 Å². The van der Waals surface area contributed by atoms with Gasteiger partial charge in [0.25, 0.3) is 0 Å². The lowest BCUT2D eigenvalue weighted by molar-refractivity contribution is -0.124. The third-order valence-corrected chi connectivity index (χ3v) is 7.01. The monoisotopic (exact) mass is 382 g/mol. The predicted molar refractivity (Wildman–Crippen MR) is 98.3 cm³/mol. The van der Waals surface area contributed by atoms with Crippen LogP contribution in [0.3, 0.4) is 0 Å². The van der Waals surface area contributed by atoms with Gasteiger partial charge in [0.05, 0.1) is 37.8 Å². The summed E-state index contributed by atoms with van der Waals surface area (Å²) in [5.41, 5.74) is 1.67. The molecule has 0 radical (unpaired) electrons. The molecule has 1 aromatic carbocycles. The second-order valence-electron chi connectivity index (χ2n) is 7.39. The number of fused-ring (bicyclic) bond motifs is 1. The molecule has 0 aliphatic carbocycles. The maximum Gasteiger partial charge on any atom is 0.234 e. The van der Waals surface area contributed by atoms with Crippen LogP contribution in [0.1, 0.15) is 24.5 Å². The molecule has 1 atom stereocenters. The highest BCUT2D eigenvalue weighted by atomic mass is 32.2. The van der Waals surface area contributed by atoms with Crippen molar-refractivity contribution in [3.8, 4) is 11.5 Å². The highest BCUT2D eigenvalue weighted by molar-refractivity contribution is 7.91. The minimum Gasteiger partial charge on any atom is -0.493 e. The number of benzene rings is 1.